The second kappa shape index (κ2) is 7.07. The lowest BCUT2D eigenvalue weighted by molar-refractivity contribution is 0.0542. The molecule has 1 aliphatic heterocycles. The number of fused-ring (bicyclic) bond motifs is 1. The Balaban J connectivity index is 1.73. The van der Waals surface area contributed by atoms with Gasteiger partial charge in [-0.05, 0) is 32.0 Å². The molecule has 3 aromatic rings. The number of benzene rings is 1. The largest absolute Gasteiger partial charge is 0.378 e. The number of anilines is 3. The van der Waals surface area contributed by atoms with Crippen molar-refractivity contribution in [3.05, 3.63) is 35.9 Å². The molecule has 0 saturated carbocycles. The van der Waals surface area contributed by atoms with E-state index >= 15 is 0 Å². The van der Waals surface area contributed by atoms with Crippen molar-refractivity contribution in [3.63, 3.8) is 0 Å². The number of hydrogen-bond acceptors (Lipinski definition) is 6. The van der Waals surface area contributed by atoms with Crippen molar-refractivity contribution in [2.24, 2.45) is 0 Å². The van der Waals surface area contributed by atoms with E-state index in [2.05, 4.69) is 25.3 Å². The molecule has 0 spiro atoms. The fourth-order valence-electron chi connectivity index (χ4n) is 3.31. The molecular formula is C18H20F2N6O. The molecule has 0 unspecified atom stereocenters. The standard InChI is InChI=1S/C18H20F2N6O/c1-11-16(12(2)26(24-11)18(19)20)23-17-14-9-13(25-5-7-27-8-6-25)3-4-15(14)21-10-22-17/h3-4,9-10,18H,5-8H2,1-2H3,(H,21,22,23). The summed E-state index contributed by atoms with van der Waals surface area (Å²) >= 11 is 0. The van der Waals surface area contributed by atoms with Gasteiger partial charge in [-0.25, -0.2) is 14.6 Å². The molecule has 142 valence electrons. The van der Waals surface area contributed by atoms with E-state index in [1.807, 2.05) is 18.2 Å². The Kier molecular flexibility index (Phi) is 4.61. The second-order valence-electron chi connectivity index (χ2n) is 6.42. The summed E-state index contributed by atoms with van der Waals surface area (Å²) in [6.07, 6.45) is 1.46. The minimum Gasteiger partial charge on any atom is -0.378 e. The Bertz CT molecular complexity index is 968. The quantitative estimate of drug-likeness (QED) is 0.755. The highest BCUT2D eigenvalue weighted by molar-refractivity contribution is 5.93. The van der Waals surface area contributed by atoms with Crippen LogP contribution in [0.1, 0.15) is 17.9 Å². The van der Waals surface area contributed by atoms with Crippen LogP contribution in [-0.2, 0) is 4.74 Å². The normalized spacial score (nSPS) is 14.9. The van der Waals surface area contributed by atoms with Gasteiger partial charge in [-0.15, -0.1) is 0 Å². The molecule has 1 aromatic carbocycles. The summed E-state index contributed by atoms with van der Waals surface area (Å²) in [6, 6.07) is 5.98. The lowest BCUT2D eigenvalue weighted by atomic mass is 10.2. The van der Waals surface area contributed by atoms with Crippen LogP contribution >= 0.6 is 0 Å². The fourth-order valence-corrected chi connectivity index (χ4v) is 3.31. The smallest absolute Gasteiger partial charge is 0.333 e. The second-order valence-corrected chi connectivity index (χ2v) is 6.42. The fraction of sp³-hybridized carbons (Fsp3) is 0.389. The van der Waals surface area contributed by atoms with Gasteiger partial charge in [-0.1, -0.05) is 0 Å². The van der Waals surface area contributed by atoms with Crippen LogP contribution in [0, 0.1) is 13.8 Å². The van der Waals surface area contributed by atoms with Gasteiger partial charge in [0, 0.05) is 24.2 Å². The Hall–Kier alpha value is -2.81. The number of rotatable bonds is 4. The van der Waals surface area contributed by atoms with Crippen LogP contribution < -0.4 is 10.2 Å². The van der Waals surface area contributed by atoms with E-state index in [9.17, 15) is 8.78 Å². The Morgan fingerprint density at radius 2 is 1.93 bits per heavy atom. The van der Waals surface area contributed by atoms with E-state index in [1.54, 1.807) is 13.8 Å². The maximum atomic E-state index is 13.1. The van der Waals surface area contributed by atoms with Crippen LogP contribution in [0.5, 0.6) is 0 Å². The highest BCUT2D eigenvalue weighted by Gasteiger charge is 2.19. The summed E-state index contributed by atoms with van der Waals surface area (Å²) < 4.78 is 32.3. The molecule has 1 N–H and O–H groups in total. The van der Waals surface area contributed by atoms with Crippen LogP contribution in [0.2, 0.25) is 0 Å². The minimum absolute atomic E-state index is 0.360. The van der Waals surface area contributed by atoms with E-state index in [0.29, 0.717) is 40.8 Å². The zero-order valence-electron chi connectivity index (χ0n) is 15.1. The van der Waals surface area contributed by atoms with Crippen molar-refractivity contribution >= 4 is 28.1 Å². The van der Waals surface area contributed by atoms with Crippen molar-refractivity contribution in [1.29, 1.82) is 0 Å². The number of morpholine rings is 1. The molecule has 1 saturated heterocycles. The first-order valence-corrected chi connectivity index (χ1v) is 8.73. The summed E-state index contributed by atoms with van der Waals surface area (Å²) in [4.78, 5) is 10.9. The number of hydrogen-bond donors (Lipinski definition) is 1. The maximum absolute atomic E-state index is 13.1. The predicted molar refractivity (Wildman–Crippen MR) is 98.8 cm³/mol. The van der Waals surface area contributed by atoms with Crippen molar-refractivity contribution in [3.8, 4) is 0 Å². The number of nitrogens with one attached hydrogen (secondary N) is 1. The highest BCUT2D eigenvalue weighted by atomic mass is 19.3. The molecular weight excluding hydrogens is 354 g/mol. The van der Waals surface area contributed by atoms with Gasteiger partial charge in [-0.2, -0.15) is 13.9 Å². The van der Waals surface area contributed by atoms with Gasteiger partial charge in [0.1, 0.15) is 12.1 Å². The van der Waals surface area contributed by atoms with Crippen LogP contribution in [0.3, 0.4) is 0 Å². The third-order valence-corrected chi connectivity index (χ3v) is 4.75. The van der Waals surface area contributed by atoms with Crippen LogP contribution in [0.4, 0.5) is 26.0 Å². The van der Waals surface area contributed by atoms with E-state index in [0.717, 1.165) is 29.7 Å². The highest BCUT2D eigenvalue weighted by Crippen LogP contribution is 2.31. The van der Waals surface area contributed by atoms with Crippen molar-refractivity contribution < 1.29 is 13.5 Å². The monoisotopic (exact) mass is 374 g/mol. The number of aryl methyl sites for hydroxylation is 1. The van der Waals surface area contributed by atoms with Gasteiger partial charge in [0.2, 0.25) is 0 Å². The third-order valence-electron chi connectivity index (χ3n) is 4.75. The Morgan fingerprint density at radius 1 is 1.15 bits per heavy atom. The predicted octanol–water partition coefficient (Wildman–Crippen LogP) is 3.42. The third kappa shape index (κ3) is 3.30. The number of aromatic nitrogens is 4. The Morgan fingerprint density at radius 3 is 2.63 bits per heavy atom. The van der Waals surface area contributed by atoms with Gasteiger partial charge in [0.25, 0.3) is 0 Å². The van der Waals surface area contributed by atoms with Gasteiger partial charge >= 0.3 is 6.55 Å². The summed E-state index contributed by atoms with van der Waals surface area (Å²) in [5, 5.41) is 7.92. The molecule has 7 nitrogen and oxygen atoms in total. The van der Waals surface area contributed by atoms with Gasteiger partial charge in [-0.3, -0.25) is 0 Å². The number of ether oxygens (including phenoxy) is 1. The first-order chi connectivity index (χ1) is 13.0. The lowest BCUT2D eigenvalue weighted by Crippen LogP contribution is -2.36. The van der Waals surface area contributed by atoms with Crippen molar-refractivity contribution in [1.82, 2.24) is 19.7 Å². The molecule has 4 rings (SSSR count). The Labute approximate surface area is 155 Å². The van der Waals surface area contributed by atoms with Crippen LogP contribution in [0.25, 0.3) is 10.9 Å². The molecule has 0 amide bonds. The topological polar surface area (TPSA) is 68.1 Å². The molecule has 0 bridgehead atoms. The van der Waals surface area contributed by atoms with Gasteiger partial charge in [0.05, 0.1) is 35.8 Å². The number of alkyl halides is 2. The minimum atomic E-state index is -2.69. The van der Waals surface area contributed by atoms with E-state index in [4.69, 9.17) is 4.74 Å². The van der Waals surface area contributed by atoms with E-state index in [-0.39, 0.29) is 0 Å². The van der Waals surface area contributed by atoms with Crippen LogP contribution in [0.15, 0.2) is 24.5 Å². The van der Waals surface area contributed by atoms with E-state index < -0.39 is 6.55 Å². The van der Waals surface area contributed by atoms with Gasteiger partial charge < -0.3 is 15.0 Å². The summed E-state index contributed by atoms with van der Waals surface area (Å²) in [6.45, 7) is 3.64. The zero-order valence-corrected chi connectivity index (χ0v) is 15.1. The van der Waals surface area contributed by atoms with E-state index in [1.165, 1.54) is 6.33 Å². The summed E-state index contributed by atoms with van der Waals surface area (Å²) in [5.41, 5.74) is 3.22. The average molecular weight is 374 g/mol. The summed E-state index contributed by atoms with van der Waals surface area (Å²) in [5.74, 6) is 0.565. The first-order valence-electron chi connectivity index (χ1n) is 8.73. The molecule has 2 aromatic heterocycles. The average Bonchev–Trinajstić information content (AvgIpc) is 2.97. The molecule has 27 heavy (non-hydrogen) atoms. The number of halogens is 2. The lowest BCUT2D eigenvalue weighted by Gasteiger charge is -2.29. The molecule has 0 aliphatic carbocycles. The van der Waals surface area contributed by atoms with Crippen molar-refractivity contribution in [2.45, 2.75) is 20.4 Å². The van der Waals surface area contributed by atoms with Crippen LogP contribution in [-0.4, -0.2) is 46.1 Å². The molecule has 0 radical (unpaired) electrons. The SMILES string of the molecule is Cc1nn(C(F)F)c(C)c1Nc1ncnc2ccc(N3CCOCC3)cc12. The molecule has 1 aliphatic rings. The maximum Gasteiger partial charge on any atom is 0.333 e. The molecule has 9 heteroatoms. The number of nitrogens with zero attached hydrogens (tertiary/aromatic N) is 5. The molecule has 3 heterocycles. The zero-order chi connectivity index (χ0) is 19.0. The summed E-state index contributed by atoms with van der Waals surface area (Å²) in [7, 11) is 0. The van der Waals surface area contributed by atoms with Crippen molar-refractivity contribution in [2.75, 3.05) is 36.5 Å². The first kappa shape index (κ1) is 17.6. The molecule has 1 fully saturated rings. The molecule has 0 atom stereocenters. The van der Waals surface area contributed by atoms with Gasteiger partial charge in [0.15, 0.2) is 0 Å².